The van der Waals surface area contributed by atoms with E-state index in [4.69, 9.17) is 4.74 Å². The molecule has 2 aromatic carbocycles. The Kier molecular flexibility index (Phi) is 10.4. The third-order valence-corrected chi connectivity index (χ3v) is 5.49. The van der Waals surface area contributed by atoms with Crippen LogP contribution < -0.4 is 15.4 Å². The molecule has 6 heteroatoms. The molecule has 0 radical (unpaired) electrons. The van der Waals surface area contributed by atoms with Gasteiger partial charge in [0.2, 0.25) is 0 Å². The van der Waals surface area contributed by atoms with Crippen molar-refractivity contribution in [2.24, 2.45) is 4.99 Å². The largest absolute Gasteiger partial charge is 0.496 e. The van der Waals surface area contributed by atoms with Crippen LogP contribution in [0.4, 0.5) is 0 Å². The van der Waals surface area contributed by atoms with E-state index in [0.717, 1.165) is 43.3 Å². The molecule has 0 aromatic heterocycles. The molecule has 5 nitrogen and oxygen atoms in total. The monoisotopic (exact) mass is 522 g/mol. The van der Waals surface area contributed by atoms with Crippen molar-refractivity contribution >= 4 is 29.9 Å². The van der Waals surface area contributed by atoms with Crippen LogP contribution in [0.3, 0.4) is 0 Å². The van der Waals surface area contributed by atoms with E-state index in [9.17, 15) is 0 Å². The summed E-state index contributed by atoms with van der Waals surface area (Å²) in [5.74, 6) is 1.77. The summed E-state index contributed by atoms with van der Waals surface area (Å²) in [7, 11) is 3.53. The summed E-state index contributed by atoms with van der Waals surface area (Å²) in [5, 5.41) is 6.79. The maximum Gasteiger partial charge on any atom is 0.191 e. The van der Waals surface area contributed by atoms with Crippen LogP contribution in [0.5, 0.6) is 5.75 Å². The molecule has 0 unspecified atom stereocenters. The van der Waals surface area contributed by atoms with E-state index in [1.807, 2.05) is 7.05 Å². The normalized spacial score (nSPS) is 14.3. The molecule has 0 atom stereocenters. The smallest absolute Gasteiger partial charge is 0.191 e. The lowest BCUT2D eigenvalue weighted by Crippen LogP contribution is -2.37. The summed E-state index contributed by atoms with van der Waals surface area (Å²) in [6.07, 6.45) is 3.60. The number of ether oxygens (including phenoxy) is 1. The molecule has 2 N–H and O–H groups in total. The van der Waals surface area contributed by atoms with Crippen molar-refractivity contribution in [2.45, 2.75) is 39.3 Å². The first-order valence-electron chi connectivity index (χ1n) is 10.6. The number of halogens is 1. The zero-order chi connectivity index (χ0) is 20.5. The van der Waals surface area contributed by atoms with Crippen molar-refractivity contribution < 1.29 is 4.74 Å². The van der Waals surface area contributed by atoms with Crippen molar-refractivity contribution in [3.05, 3.63) is 64.7 Å². The average molecular weight is 522 g/mol. The number of aryl methyl sites for hydroxylation is 1. The van der Waals surface area contributed by atoms with Crippen molar-refractivity contribution in [3.63, 3.8) is 0 Å². The van der Waals surface area contributed by atoms with Gasteiger partial charge in [-0.15, -0.1) is 24.0 Å². The second-order valence-electron chi connectivity index (χ2n) is 7.71. The van der Waals surface area contributed by atoms with Gasteiger partial charge >= 0.3 is 0 Å². The summed E-state index contributed by atoms with van der Waals surface area (Å²) in [6.45, 7) is 7.19. The summed E-state index contributed by atoms with van der Waals surface area (Å²) in [6, 6.07) is 15.3. The topological polar surface area (TPSA) is 48.9 Å². The maximum absolute atomic E-state index is 5.41. The quantitative estimate of drug-likeness (QED) is 0.311. The molecule has 0 saturated carbocycles. The van der Waals surface area contributed by atoms with Crippen LogP contribution in [0.15, 0.2) is 47.5 Å². The second-order valence-corrected chi connectivity index (χ2v) is 7.71. The first-order valence-corrected chi connectivity index (χ1v) is 10.6. The van der Waals surface area contributed by atoms with E-state index in [-0.39, 0.29) is 24.0 Å². The number of methoxy groups -OCH3 is 1. The zero-order valence-corrected chi connectivity index (χ0v) is 20.7. The van der Waals surface area contributed by atoms with Gasteiger partial charge in [-0.05, 0) is 67.6 Å². The van der Waals surface area contributed by atoms with Crippen LogP contribution in [0.1, 0.15) is 35.1 Å². The van der Waals surface area contributed by atoms with Crippen LogP contribution in [-0.2, 0) is 19.5 Å². The predicted octanol–water partition coefficient (Wildman–Crippen LogP) is 4.13. The molecule has 3 rings (SSSR count). The molecule has 30 heavy (non-hydrogen) atoms. The molecule has 0 bridgehead atoms. The highest BCUT2D eigenvalue weighted by Crippen LogP contribution is 2.19. The Balaban J connectivity index is 0.00000320. The molecule has 1 saturated heterocycles. The minimum atomic E-state index is 0. The lowest BCUT2D eigenvalue weighted by molar-refractivity contribution is 0.331. The Morgan fingerprint density at radius 2 is 1.67 bits per heavy atom. The van der Waals surface area contributed by atoms with Crippen molar-refractivity contribution in [2.75, 3.05) is 33.8 Å². The Morgan fingerprint density at radius 3 is 2.33 bits per heavy atom. The summed E-state index contributed by atoms with van der Waals surface area (Å²) < 4.78 is 5.41. The van der Waals surface area contributed by atoms with Gasteiger partial charge < -0.3 is 15.4 Å². The van der Waals surface area contributed by atoms with Crippen molar-refractivity contribution in [1.29, 1.82) is 0 Å². The van der Waals surface area contributed by atoms with Crippen molar-refractivity contribution in [3.8, 4) is 5.75 Å². The molecular weight excluding hydrogens is 487 g/mol. The van der Waals surface area contributed by atoms with E-state index < -0.39 is 0 Å². The summed E-state index contributed by atoms with van der Waals surface area (Å²) >= 11 is 0. The Labute approximate surface area is 198 Å². The van der Waals surface area contributed by atoms with E-state index >= 15 is 0 Å². The van der Waals surface area contributed by atoms with Gasteiger partial charge in [-0.2, -0.15) is 0 Å². The van der Waals surface area contributed by atoms with Gasteiger partial charge in [-0.3, -0.25) is 9.89 Å². The maximum atomic E-state index is 5.41. The highest BCUT2D eigenvalue weighted by molar-refractivity contribution is 14.0. The van der Waals surface area contributed by atoms with E-state index in [1.54, 1.807) is 7.11 Å². The third kappa shape index (κ3) is 7.47. The number of hydrogen-bond donors (Lipinski definition) is 2. The first kappa shape index (κ1) is 24.5. The minimum Gasteiger partial charge on any atom is -0.496 e. The summed E-state index contributed by atoms with van der Waals surface area (Å²) in [5.41, 5.74) is 5.07. The molecule has 164 valence electrons. The lowest BCUT2D eigenvalue weighted by Gasteiger charge is -2.15. The fourth-order valence-corrected chi connectivity index (χ4v) is 3.71. The molecule has 1 heterocycles. The molecule has 1 fully saturated rings. The third-order valence-electron chi connectivity index (χ3n) is 5.49. The van der Waals surface area contributed by atoms with E-state index in [2.05, 4.69) is 69.9 Å². The Bertz CT molecular complexity index is 801. The lowest BCUT2D eigenvalue weighted by atomic mass is 10.1. The first-order chi connectivity index (χ1) is 14.2. The number of rotatable bonds is 8. The number of nitrogens with zero attached hydrogens (tertiary/aromatic N) is 2. The molecular formula is C24H35IN4O. The van der Waals surface area contributed by atoms with Gasteiger partial charge in [0.25, 0.3) is 0 Å². The number of nitrogens with one attached hydrogen (secondary N) is 2. The second kappa shape index (κ2) is 12.8. The molecule has 1 aliphatic heterocycles. The average Bonchev–Trinajstić information content (AvgIpc) is 3.26. The van der Waals surface area contributed by atoms with Gasteiger partial charge in [0.15, 0.2) is 5.96 Å². The highest BCUT2D eigenvalue weighted by atomic mass is 127. The SMILES string of the molecule is CN=C(NCCc1ccc(C)c(OC)c1)NCc1ccc(CN2CCCC2)cc1.I. The Morgan fingerprint density at radius 1 is 1.00 bits per heavy atom. The van der Waals surface area contributed by atoms with Crippen LogP contribution in [0, 0.1) is 6.92 Å². The van der Waals surface area contributed by atoms with Gasteiger partial charge in [0.05, 0.1) is 7.11 Å². The van der Waals surface area contributed by atoms with E-state index in [1.165, 1.54) is 42.6 Å². The van der Waals surface area contributed by atoms with Crippen LogP contribution in [0.2, 0.25) is 0 Å². The van der Waals surface area contributed by atoms with Crippen LogP contribution >= 0.6 is 24.0 Å². The number of hydrogen-bond acceptors (Lipinski definition) is 3. The number of benzene rings is 2. The predicted molar refractivity (Wildman–Crippen MR) is 136 cm³/mol. The van der Waals surface area contributed by atoms with Gasteiger partial charge in [0, 0.05) is 26.7 Å². The van der Waals surface area contributed by atoms with Crippen LogP contribution in [-0.4, -0.2) is 44.7 Å². The number of guanidine groups is 1. The molecule has 2 aromatic rings. The number of aliphatic imine (C=N–C) groups is 1. The fraction of sp³-hybridized carbons (Fsp3) is 0.458. The Hall–Kier alpha value is -1.80. The van der Waals surface area contributed by atoms with Gasteiger partial charge in [0.1, 0.15) is 5.75 Å². The number of likely N-dealkylation sites (tertiary alicyclic amines) is 1. The standard InChI is InChI=1S/C24H34N4O.HI/c1-19-6-7-20(16-23(19)29-3)12-13-26-24(25-2)27-17-21-8-10-22(11-9-21)18-28-14-4-5-15-28;/h6-11,16H,4-5,12-15,17-18H2,1-3H3,(H2,25,26,27);1H. The van der Waals surface area contributed by atoms with Gasteiger partial charge in [-0.1, -0.05) is 36.4 Å². The fourth-order valence-electron chi connectivity index (χ4n) is 3.71. The molecule has 0 amide bonds. The molecule has 0 spiro atoms. The summed E-state index contributed by atoms with van der Waals surface area (Å²) in [4.78, 5) is 6.86. The zero-order valence-electron chi connectivity index (χ0n) is 18.4. The van der Waals surface area contributed by atoms with Crippen molar-refractivity contribution in [1.82, 2.24) is 15.5 Å². The van der Waals surface area contributed by atoms with Crippen LogP contribution in [0.25, 0.3) is 0 Å². The van der Waals surface area contributed by atoms with E-state index in [0.29, 0.717) is 0 Å². The highest BCUT2D eigenvalue weighted by Gasteiger charge is 2.11. The molecule has 0 aliphatic carbocycles. The molecule has 1 aliphatic rings. The minimum absolute atomic E-state index is 0. The van der Waals surface area contributed by atoms with Gasteiger partial charge in [-0.25, -0.2) is 0 Å².